The number of phenolic OH excluding ortho intramolecular Hbond substituents is 1. The van der Waals surface area contributed by atoms with Gasteiger partial charge in [-0.2, -0.15) is 15.1 Å². The minimum atomic E-state index is -0.353. The Hall–Kier alpha value is -4.67. The molecule has 0 bridgehead atoms. The molecule has 1 aliphatic heterocycles. The van der Waals surface area contributed by atoms with Crippen molar-refractivity contribution in [2.45, 2.75) is 26.4 Å². The van der Waals surface area contributed by atoms with E-state index in [0.29, 0.717) is 36.1 Å². The molecule has 0 amide bonds. The summed E-state index contributed by atoms with van der Waals surface area (Å²) in [5.74, 6) is 1.01. The van der Waals surface area contributed by atoms with Crippen LogP contribution in [0, 0.1) is 0 Å². The van der Waals surface area contributed by atoms with Crippen molar-refractivity contribution in [1.29, 1.82) is 0 Å². The standard InChI is InChI=1S/C27H28N8O3/c1-3-38-23(37)16-33-17-28-24-25(33)30-27(31-26(24)35-22-7-5-4-6-19(22)14-29-35)34-13-12-32(15-18(34)2)20-8-10-21(36)11-9-20/h4-11,14,17-18,36H,3,12-13,15-16H2,1-2H3/t18-/m0/s1. The number of aromatic nitrogens is 6. The molecular weight excluding hydrogens is 484 g/mol. The second kappa shape index (κ2) is 9.66. The van der Waals surface area contributed by atoms with Crippen LogP contribution in [0.3, 0.4) is 0 Å². The van der Waals surface area contributed by atoms with E-state index in [2.05, 4.69) is 26.8 Å². The first-order valence-electron chi connectivity index (χ1n) is 12.6. The number of fused-ring (bicyclic) bond motifs is 2. The lowest BCUT2D eigenvalue weighted by molar-refractivity contribution is -0.143. The molecule has 5 aromatic rings. The summed E-state index contributed by atoms with van der Waals surface area (Å²) in [4.78, 5) is 31.2. The molecule has 38 heavy (non-hydrogen) atoms. The summed E-state index contributed by atoms with van der Waals surface area (Å²) in [6, 6.07) is 15.3. The number of aromatic hydroxyl groups is 1. The smallest absolute Gasteiger partial charge is 0.326 e. The lowest BCUT2D eigenvalue weighted by Gasteiger charge is -2.41. The highest BCUT2D eigenvalue weighted by molar-refractivity contribution is 5.86. The molecule has 1 fully saturated rings. The van der Waals surface area contributed by atoms with Crippen molar-refractivity contribution in [3.63, 3.8) is 0 Å². The second-order valence-corrected chi connectivity index (χ2v) is 9.32. The number of esters is 1. The van der Waals surface area contributed by atoms with Crippen molar-refractivity contribution < 1.29 is 14.6 Å². The summed E-state index contributed by atoms with van der Waals surface area (Å²) < 4.78 is 8.65. The SMILES string of the molecule is CCOC(=O)Cn1cnc2c(-n3ncc4ccccc43)nc(N3CCN(c4ccc(O)cc4)C[C@@H]3C)nc21. The van der Waals surface area contributed by atoms with Crippen molar-refractivity contribution in [1.82, 2.24) is 29.3 Å². The van der Waals surface area contributed by atoms with Gasteiger partial charge < -0.3 is 24.2 Å². The number of carbonyl (C=O) groups excluding carboxylic acids is 1. The van der Waals surface area contributed by atoms with Gasteiger partial charge in [-0.25, -0.2) is 9.67 Å². The average molecular weight is 513 g/mol. The molecule has 0 unspecified atom stereocenters. The number of rotatable bonds is 6. The normalized spacial score (nSPS) is 15.9. The summed E-state index contributed by atoms with van der Waals surface area (Å²) >= 11 is 0. The van der Waals surface area contributed by atoms with E-state index < -0.39 is 0 Å². The van der Waals surface area contributed by atoms with Crippen LogP contribution in [0.4, 0.5) is 11.6 Å². The number of anilines is 2. The van der Waals surface area contributed by atoms with E-state index in [0.717, 1.165) is 29.7 Å². The van der Waals surface area contributed by atoms with Crippen molar-refractivity contribution in [3.05, 3.63) is 61.1 Å². The maximum Gasteiger partial charge on any atom is 0.326 e. The van der Waals surface area contributed by atoms with E-state index >= 15 is 0 Å². The molecule has 0 saturated carbocycles. The van der Waals surface area contributed by atoms with Crippen LogP contribution < -0.4 is 9.80 Å². The molecule has 6 rings (SSSR count). The van der Waals surface area contributed by atoms with Gasteiger partial charge in [0, 0.05) is 36.7 Å². The van der Waals surface area contributed by atoms with Gasteiger partial charge in [-0.15, -0.1) is 0 Å². The number of hydrogen-bond acceptors (Lipinski definition) is 9. The number of piperazine rings is 1. The predicted molar refractivity (Wildman–Crippen MR) is 144 cm³/mol. The lowest BCUT2D eigenvalue weighted by atomic mass is 10.1. The zero-order valence-corrected chi connectivity index (χ0v) is 21.2. The Morgan fingerprint density at radius 2 is 1.92 bits per heavy atom. The number of ether oxygens (including phenoxy) is 1. The van der Waals surface area contributed by atoms with Gasteiger partial charge >= 0.3 is 5.97 Å². The maximum atomic E-state index is 12.3. The Labute approximate surface area is 218 Å². The van der Waals surface area contributed by atoms with Gasteiger partial charge in [0.15, 0.2) is 17.0 Å². The monoisotopic (exact) mass is 512 g/mol. The third-order valence-electron chi connectivity index (χ3n) is 6.82. The molecule has 2 aromatic carbocycles. The van der Waals surface area contributed by atoms with Crippen molar-refractivity contribution >= 4 is 39.7 Å². The molecule has 0 radical (unpaired) electrons. The lowest BCUT2D eigenvalue weighted by Crippen LogP contribution is -2.52. The molecule has 11 nitrogen and oxygen atoms in total. The van der Waals surface area contributed by atoms with Gasteiger partial charge in [-0.1, -0.05) is 18.2 Å². The second-order valence-electron chi connectivity index (χ2n) is 9.32. The number of phenols is 1. The van der Waals surface area contributed by atoms with Gasteiger partial charge in [-0.05, 0) is 44.2 Å². The van der Waals surface area contributed by atoms with Crippen LogP contribution in [-0.4, -0.2) is 72.7 Å². The first-order valence-corrected chi connectivity index (χ1v) is 12.6. The largest absolute Gasteiger partial charge is 0.508 e. The van der Waals surface area contributed by atoms with Crippen LogP contribution in [0.15, 0.2) is 61.1 Å². The van der Waals surface area contributed by atoms with E-state index in [1.54, 1.807) is 40.8 Å². The number of carbonyl (C=O) groups is 1. The number of benzene rings is 2. The highest BCUT2D eigenvalue weighted by atomic mass is 16.5. The summed E-state index contributed by atoms with van der Waals surface area (Å²) in [5, 5.41) is 15.3. The van der Waals surface area contributed by atoms with Crippen molar-refractivity contribution in [2.24, 2.45) is 0 Å². The third-order valence-corrected chi connectivity index (χ3v) is 6.82. The minimum Gasteiger partial charge on any atom is -0.508 e. The van der Waals surface area contributed by atoms with Crippen LogP contribution in [0.5, 0.6) is 5.75 Å². The molecule has 3 aromatic heterocycles. The topological polar surface area (TPSA) is 114 Å². The highest BCUT2D eigenvalue weighted by Crippen LogP contribution is 2.28. The van der Waals surface area contributed by atoms with Gasteiger partial charge in [0.2, 0.25) is 5.95 Å². The Morgan fingerprint density at radius 1 is 1.11 bits per heavy atom. The minimum absolute atomic E-state index is 0.00424. The molecule has 1 saturated heterocycles. The molecule has 11 heteroatoms. The van der Waals surface area contributed by atoms with Crippen molar-refractivity contribution in [3.8, 4) is 11.6 Å². The van der Waals surface area contributed by atoms with Crippen LogP contribution >= 0.6 is 0 Å². The van der Waals surface area contributed by atoms with Crippen LogP contribution in [-0.2, 0) is 16.1 Å². The fourth-order valence-corrected chi connectivity index (χ4v) is 4.95. The summed E-state index contributed by atoms with van der Waals surface area (Å²) in [6.45, 7) is 6.44. The van der Waals surface area contributed by atoms with Gasteiger partial charge in [0.1, 0.15) is 12.3 Å². The van der Waals surface area contributed by atoms with E-state index in [1.165, 1.54) is 0 Å². The highest BCUT2D eigenvalue weighted by Gasteiger charge is 2.28. The van der Waals surface area contributed by atoms with E-state index in [9.17, 15) is 9.90 Å². The quantitative estimate of drug-likeness (QED) is 0.343. The molecule has 0 aliphatic carbocycles. The molecule has 1 aliphatic rings. The zero-order valence-electron chi connectivity index (χ0n) is 21.2. The number of hydrogen-bond donors (Lipinski definition) is 1. The number of nitrogens with zero attached hydrogens (tertiary/aromatic N) is 8. The van der Waals surface area contributed by atoms with Gasteiger partial charge in [0.25, 0.3) is 0 Å². The summed E-state index contributed by atoms with van der Waals surface area (Å²) in [6.07, 6.45) is 3.40. The maximum absolute atomic E-state index is 12.3. The zero-order chi connectivity index (χ0) is 26.2. The molecule has 194 valence electrons. The molecular formula is C27H28N8O3. The fraction of sp³-hybridized carbons (Fsp3) is 0.296. The molecule has 4 heterocycles. The Bertz CT molecular complexity index is 1610. The average Bonchev–Trinajstić information content (AvgIpc) is 3.53. The van der Waals surface area contributed by atoms with Crippen LogP contribution in [0.2, 0.25) is 0 Å². The van der Waals surface area contributed by atoms with E-state index in [4.69, 9.17) is 14.7 Å². The first kappa shape index (κ1) is 23.7. The van der Waals surface area contributed by atoms with E-state index in [1.807, 2.05) is 36.4 Å². The van der Waals surface area contributed by atoms with Crippen LogP contribution in [0.25, 0.3) is 27.9 Å². The van der Waals surface area contributed by atoms with Gasteiger partial charge in [0.05, 0.1) is 24.6 Å². The predicted octanol–water partition coefficient (Wildman–Crippen LogP) is 3.15. The van der Waals surface area contributed by atoms with E-state index in [-0.39, 0.29) is 24.3 Å². The van der Waals surface area contributed by atoms with Gasteiger partial charge in [-0.3, -0.25) is 4.79 Å². The Kier molecular flexibility index (Phi) is 6.02. The Morgan fingerprint density at radius 3 is 2.71 bits per heavy atom. The van der Waals surface area contributed by atoms with Crippen molar-refractivity contribution in [2.75, 3.05) is 36.0 Å². The number of para-hydroxylation sites is 1. The summed E-state index contributed by atoms with van der Waals surface area (Å²) in [7, 11) is 0. The first-order chi connectivity index (χ1) is 18.5. The Balaban J connectivity index is 1.41. The third kappa shape index (κ3) is 4.25. The number of imidazole rings is 1. The molecule has 1 atom stereocenters. The van der Waals surface area contributed by atoms with Crippen LogP contribution in [0.1, 0.15) is 13.8 Å². The molecule has 1 N–H and O–H groups in total. The fourth-order valence-electron chi connectivity index (χ4n) is 4.95. The molecule has 0 spiro atoms. The summed E-state index contributed by atoms with van der Waals surface area (Å²) in [5.41, 5.74) is 3.07.